The largest absolute Gasteiger partial charge is 0.306 e. The van der Waals surface area contributed by atoms with Crippen LogP contribution in [0, 0.1) is 24.0 Å². The Labute approximate surface area is 189 Å². The van der Waals surface area contributed by atoms with Crippen molar-refractivity contribution in [1.29, 1.82) is 0 Å². The molecule has 164 valence electrons. The third kappa shape index (κ3) is 4.40. The number of rotatable bonds is 5. The third-order valence-electron chi connectivity index (χ3n) is 5.15. The van der Waals surface area contributed by atoms with Crippen molar-refractivity contribution in [1.82, 2.24) is 9.78 Å². The Morgan fingerprint density at radius 2 is 1.67 bits per heavy atom. The zero-order chi connectivity index (χ0) is 23.5. The van der Waals surface area contributed by atoms with Crippen molar-refractivity contribution in [3.8, 4) is 16.8 Å². The molecule has 8 nitrogen and oxygen atoms in total. The minimum Gasteiger partial charge on any atom is -0.306 e. The molecule has 4 rings (SSSR count). The molecule has 0 fully saturated rings. The molecule has 3 aromatic carbocycles. The van der Waals surface area contributed by atoms with E-state index >= 15 is 0 Å². The molecule has 0 bridgehead atoms. The molecule has 0 spiro atoms. The Morgan fingerprint density at radius 1 is 0.970 bits per heavy atom. The molecule has 1 amide bonds. The Bertz CT molecular complexity index is 1410. The van der Waals surface area contributed by atoms with E-state index in [-0.39, 0.29) is 33.8 Å². The maximum absolute atomic E-state index is 13.2. The number of anilines is 1. The van der Waals surface area contributed by atoms with Gasteiger partial charge < -0.3 is 5.32 Å². The van der Waals surface area contributed by atoms with Gasteiger partial charge in [-0.05, 0) is 37.6 Å². The summed E-state index contributed by atoms with van der Waals surface area (Å²) in [4.78, 5) is 36.9. The van der Waals surface area contributed by atoms with Crippen molar-refractivity contribution in [2.75, 3.05) is 5.32 Å². The van der Waals surface area contributed by atoms with Gasteiger partial charge in [-0.15, -0.1) is 0 Å². The summed E-state index contributed by atoms with van der Waals surface area (Å²) in [7, 11) is 0. The molecule has 33 heavy (non-hydrogen) atoms. The number of amides is 1. The molecule has 0 saturated heterocycles. The van der Waals surface area contributed by atoms with Crippen LogP contribution in [-0.2, 0) is 0 Å². The van der Waals surface area contributed by atoms with E-state index in [0.29, 0.717) is 11.3 Å². The van der Waals surface area contributed by atoms with E-state index in [1.807, 2.05) is 37.3 Å². The van der Waals surface area contributed by atoms with Gasteiger partial charge in [0.05, 0.1) is 16.2 Å². The summed E-state index contributed by atoms with van der Waals surface area (Å²) >= 11 is 0. The van der Waals surface area contributed by atoms with Gasteiger partial charge in [-0.3, -0.25) is 19.7 Å². The number of carbonyl (C=O) groups excluding carboxylic acids is 1. The Kier molecular flexibility index (Phi) is 5.82. The Morgan fingerprint density at radius 3 is 2.33 bits per heavy atom. The number of nitrogens with zero attached hydrogens (tertiary/aromatic N) is 3. The van der Waals surface area contributed by atoms with E-state index in [2.05, 4.69) is 10.4 Å². The van der Waals surface area contributed by atoms with Gasteiger partial charge in [0.1, 0.15) is 11.5 Å². The van der Waals surface area contributed by atoms with Crippen LogP contribution in [0.2, 0.25) is 0 Å². The number of carbonyl (C=O) groups is 1. The van der Waals surface area contributed by atoms with Crippen molar-refractivity contribution in [3.63, 3.8) is 0 Å². The SMILES string of the molecule is Cc1ccc(-n2nc(C)c(=O)c(-c3ccccc3)c2NC(=O)c2cccc([N+](=O)[O-])c2)cc1. The molecule has 1 N–H and O–H groups in total. The highest BCUT2D eigenvalue weighted by Crippen LogP contribution is 2.28. The molecule has 0 unspecified atom stereocenters. The number of nitro groups is 1. The number of hydrogen-bond donors (Lipinski definition) is 1. The Balaban J connectivity index is 1.92. The van der Waals surface area contributed by atoms with Crippen LogP contribution in [0.5, 0.6) is 0 Å². The summed E-state index contributed by atoms with van der Waals surface area (Å²) in [6.45, 7) is 3.57. The molecule has 0 aliphatic carbocycles. The van der Waals surface area contributed by atoms with Crippen LogP contribution in [0.3, 0.4) is 0 Å². The van der Waals surface area contributed by atoms with Crippen LogP contribution in [0.4, 0.5) is 11.5 Å². The maximum atomic E-state index is 13.2. The van der Waals surface area contributed by atoms with E-state index in [9.17, 15) is 19.7 Å². The number of hydrogen-bond acceptors (Lipinski definition) is 5. The van der Waals surface area contributed by atoms with Crippen molar-refractivity contribution < 1.29 is 9.72 Å². The molecule has 0 saturated carbocycles. The molecule has 1 aromatic heterocycles. The molecular formula is C25H20N4O4. The highest BCUT2D eigenvalue weighted by atomic mass is 16.6. The van der Waals surface area contributed by atoms with E-state index in [1.54, 1.807) is 31.2 Å². The summed E-state index contributed by atoms with van der Waals surface area (Å²) in [6, 6.07) is 21.9. The van der Waals surface area contributed by atoms with Crippen molar-refractivity contribution in [2.24, 2.45) is 0 Å². The molecule has 8 heteroatoms. The van der Waals surface area contributed by atoms with E-state index in [1.165, 1.54) is 28.9 Å². The van der Waals surface area contributed by atoms with Crippen LogP contribution >= 0.6 is 0 Å². The van der Waals surface area contributed by atoms with Gasteiger partial charge in [0, 0.05) is 17.7 Å². The summed E-state index contributed by atoms with van der Waals surface area (Å²) in [5, 5.41) is 18.4. The van der Waals surface area contributed by atoms with Crippen LogP contribution in [0.15, 0.2) is 83.7 Å². The molecule has 0 aliphatic heterocycles. The minimum absolute atomic E-state index is 0.0895. The minimum atomic E-state index is -0.596. The molecule has 0 radical (unpaired) electrons. The number of benzene rings is 3. The average molecular weight is 440 g/mol. The van der Waals surface area contributed by atoms with Crippen LogP contribution < -0.4 is 10.7 Å². The van der Waals surface area contributed by atoms with E-state index in [4.69, 9.17) is 0 Å². The highest BCUT2D eigenvalue weighted by molar-refractivity contribution is 6.06. The zero-order valence-electron chi connectivity index (χ0n) is 18.0. The van der Waals surface area contributed by atoms with Gasteiger partial charge in [0.15, 0.2) is 0 Å². The van der Waals surface area contributed by atoms with Crippen LogP contribution in [-0.4, -0.2) is 20.6 Å². The average Bonchev–Trinajstić information content (AvgIpc) is 2.82. The first kappa shape index (κ1) is 21.6. The number of nitrogens with one attached hydrogen (secondary N) is 1. The quantitative estimate of drug-likeness (QED) is 0.358. The first-order valence-electron chi connectivity index (χ1n) is 10.2. The standard InChI is InChI=1S/C25H20N4O4/c1-16-11-13-20(14-12-16)28-24(26-25(31)19-9-6-10-21(15-19)29(32)33)22(23(30)17(2)27-28)18-7-4-3-5-8-18/h3-15H,1-2H3,(H,26,31). The fourth-order valence-corrected chi connectivity index (χ4v) is 3.44. The van der Waals surface area contributed by atoms with Crippen LogP contribution in [0.1, 0.15) is 21.6 Å². The monoisotopic (exact) mass is 440 g/mol. The summed E-state index contributed by atoms with van der Waals surface area (Å²) in [6.07, 6.45) is 0. The molecule has 4 aromatic rings. The number of non-ortho nitro benzene ring substituents is 1. The summed E-state index contributed by atoms with van der Waals surface area (Å²) in [5.74, 6) is -0.418. The first-order chi connectivity index (χ1) is 15.8. The predicted octanol–water partition coefficient (Wildman–Crippen LogP) is 4.68. The third-order valence-corrected chi connectivity index (χ3v) is 5.15. The number of aromatic nitrogens is 2. The lowest BCUT2D eigenvalue weighted by molar-refractivity contribution is -0.384. The van der Waals surface area contributed by atoms with Crippen molar-refractivity contribution in [3.05, 3.63) is 116 Å². The second-order valence-electron chi connectivity index (χ2n) is 7.51. The maximum Gasteiger partial charge on any atom is 0.270 e. The predicted molar refractivity (Wildman–Crippen MR) is 126 cm³/mol. The summed E-state index contributed by atoms with van der Waals surface area (Å²) in [5.41, 5.74) is 2.42. The second kappa shape index (κ2) is 8.88. The fraction of sp³-hybridized carbons (Fsp3) is 0.0800. The lowest BCUT2D eigenvalue weighted by atomic mass is 10.0. The van der Waals surface area contributed by atoms with Gasteiger partial charge in [-0.25, -0.2) is 4.68 Å². The van der Waals surface area contributed by atoms with Gasteiger partial charge in [0.2, 0.25) is 5.43 Å². The molecule has 0 atom stereocenters. The van der Waals surface area contributed by atoms with Gasteiger partial charge >= 0.3 is 0 Å². The lowest BCUT2D eigenvalue weighted by Crippen LogP contribution is -2.25. The molecular weight excluding hydrogens is 420 g/mol. The van der Waals surface area contributed by atoms with E-state index in [0.717, 1.165) is 5.56 Å². The van der Waals surface area contributed by atoms with Gasteiger partial charge in [0.25, 0.3) is 11.6 Å². The first-order valence-corrected chi connectivity index (χ1v) is 10.2. The summed E-state index contributed by atoms with van der Waals surface area (Å²) < 4.78 is 1.51. The number of nitro benzene ring substituents is 1. The van der Waals surface area contributed by atoms with Crippen molar-refractivity contribution >= 4 is 17.4 Å². The lowest BCUT2D eigenvalue weighted by Gasteiger charge is -2.18. The van der Waals surface area contributed by atoms with Gasteiger partial charge in [-0.2, -0.15) is 5.10 Å². The number of aryl methyl sites for hydroxylation is 2. The Hall–Kier alpha value is -4.59. The van der Waals surface area contributed by atoms with Crippen molar-refractivity contribution in [2.45, 2.75) is 13.8 Å². The fourth-order valence-electron chi connectivity index (χ4n) is 3.44. The van der Waals surface area contributed by atoms with Gasteiger partial charge in [-0.1, -0.05) is 54.1 Å². The molecule has 1 heterocycles. The second-order valence-corrected chi connectivity index (χ2v) is 7.51. The van der Waals surface area contributed by atoms with E-state index < -0.39 is 10.8 Å². The smallest absolute Gasteiger partial charge is 0.270 e. The highest BCUT2D eigenvalue weighted by Gasteiger charge is 2.21. The zero-order valence-corrected chi connectivity index (χ0v) is 18.0. The van der Waals surface area contributed by atoms with Crippen LogP contribution in [0.25, 0.3) is 16.8 Å². The topological polar surface area (TPSA) is 107 Å². The molecule has 0 aliphatic rings. The normalized spacial score (nSPS) is 10.6.